The molecule has 0 radical (unpaired) electrons. The largest absolute Gasteiger partial charge is 0.342 e. The van der Waals surface area contributed by atoms with Gasteiger partial charge in [-0.15, -0.1) is 12.4 Å². The molecule has 1 aromatic carbocycles. The molecule has 4 nitrogen and oxygen atoms in total. The molecule has 1 aliphatic rings. The fourth-order valence-corrected chi connectivity index (χ4v) is 3.02. The molecule has 24 heavy (non-hydrogen) atoms. The second-order valence-electron chi connectivity index (χ2n) is 7.42. The predicted octanol–water partition coefficient (Wildman–Crippen LogP) is 3.27. The summed E-state index contributed by atoms with van der Waals surface area (Å²) in [6.45, 7) is 9.58. The van der Waals surface area contributed by atoms with Gasteiger partial charge < -0.3 is 10.6 Å². The monoisotopic (exact) mass is 352 g/mol. The molecular weight excluding hydrogens is 324 g/mol. The van der Waals surface area contributed by atoms with Gasteiger partial charge in [-0.1, -0.05) is 26.0 Å². The van der Waals surface area contributed by atoms with Crippen molar-refractivity contribution in [1.29, 1.82) is 0 Å². The molecule has 134 valence electrons. The Kier molecular flexibility index (Phi) is 6.99. The van der Waals surface area contributed by atoms with Gasteiger partial charge in [-0.2, -0.15) is 0 Å². The number of ketones is 1. The molecule has 0 spiro atoms. The quantitative estimate of drug-likeness (QED) is 0.846. The van der Waals surface area contributed by atoms with Crippen LogP contribution >= 0.6 is 12.4 Å². The smallest absolute Gasteiger partial charge is 0.223 e. The number of hydrogen-bond donors (Lipinski definition) is 1. The summed E-state index contributed by atoms with van der Waals surface area (Å²) in [4.78, 5) is 26.5. The van der Waals surface area contributed by atoms with Gasteiger partial charge in [0.05, 0.1) is 0 Å². The molecule has 1 unspecified atom stereocenters. The van der Waals surface area contributed by atoms with E-state index in [1.807, 2.05) is 36.9 Å². The van der Waals surface area contributed by atoms with Gasteiger partial charge in [0, 0.05) is 37.5 Å². The Bertz CT molecular complexity index is 613. The Hall–Kier alpha value is -1.39. The van der Waals surface area contributed by atoms with Crippen LogP contribution in [0.4, 0.5) is 0 Å². The van der Waals surface area contributed by atoms with Crippen molar-refractivity contribution in [2.75, 3.05) is 13.1 Å². The Morgan fingerprint density at radius 3 is 2.46 bits per heavy atom. The minimum absolute atomic E-state index is 0. The minimum atomic E-state index is -0.0635. The number of halogens is 1. The van der Waals surface area contributed by atoms with E-state index in [2.05, 4.69) is 13.8 Å². The zero-order valence-electron chi connectivity index (χ0n) is 15.1. The number of benzene rings is 1. The van der Waals surface area contributed by atoms with Crippen LogP contribution in [-0.4, -0.2) is 35.7 Å². The zero-order chi connectivity index (χ0) is 17.2. The molecule has 1 aromatic rings. The van der Waals surface area contributed by atoms with E-state index in [1.165, 1.54) is 5.56 Å². The van der Waals surface area contributed by atoms with E-state index in [1.54, 1.807) is 0 Å². The van der Waals surface area contributed by atoms with Gasteiger partial charge in [0.1, 0.15) is 0 Å². The standard InChI is InChI=1S/C19H28N2O2.ClH/c1-13-5-6-15(11-14(13)2)16(22)7-8-18(23)21-10-9-17(20)19(3,4)12-21;/h5-6,11,17H,7-10,12,20H2,1-4H3;1H. The lowest BCUT2D eigenvalue weighted by Crippen LogP contribution is -2.54. The van der Waals surface area contributed by atoms with Gasteiger partial charge in [0.2, 0.25) is 5.91 Å². The van der Waals surface area contributed by atoms with Gasteiger partial charge in [-0.3, -0.25) is 9.59 Å². The number of carbonyl (C=O) groups excluding carboxylic acids is 2. The molecular formula is C19H29ClN2O2. The molecule has 2 rings (SSSR count). The predicted molar refractivity (Wildman–Crippen MR) is 99.7 cm³/mol. The molecule has 0 bridgehead atoms. The summed E-state index contributed by atoms with van der Waals surface area (Å²) in [6, 6.07) is 5.84. The van der Waals surface area contributed by atoms with Crippen molar-refractivity contribution in [3.05, 3.63) is 34.9 Å². The molecule has 1 atom stereocenters. The number of likely N-dealkylation sites (tertiary alicyclic amines) is 1. The van der Waals surface area contributed by atoms with Gasteiger partial charge >= 0.3 is 0 Å². The Morgan fingerprint density at radius 2 is 1.88 bits per heavy atom. The zero-order valence-corrected chi connectivity index (χ0v) is 15.9. The fraction of sp³-hybridized carbons (Fsp3) is 0.579. The maximum Gasteiger partial charge on any atom is 0.223 e. The molecule has 5 heteroatoms. The number of amides is 1. The number of rotatable bonds is 4. The van der Waals surface area contributed by atoms with Crippen LogP contribution in [0.3, 0.4) is 0 Å². The minimum Gasteiger partial charge on any atom is -0.342 e. The van der Waals surface area contributed by atoms with Crippen molar-refractivity contribution < 1.29 is 9.59 Å². The molecule has 0 aliphatic carbocycles. The normalized spacial score (nSPS) is 19.5. The van der Waals surface area contributed by atoms with Crippen molar-refractivity contribution in [2.45, 2.75) is 53.0 Å². The van der Waals surface area contributed by atoms with Crippen molar-refractivity contribution >= 4 is 24.1 Å². The average molecular weight is 353 g/mol. The maximum absolute atomic E-state index is 12.4. The third-order valence-corrected chi connectivity index (χ3v) is 5.06. The first kappa shape index (κ1) is 20.7. The highest BCUT2D eigenvalue weighted by molar-refractivity contribution is 5.98. The van der Waals surface area contributed by atoms with E-state index in [4.69, 9.17) is 5.73 Å². The third kappa shape index (κ3) is 4.81. The third-order valence-electron chi connectivity index (χ3n) is 5.06. The number of aryl methyl sites for hydroxylation is 2. The summed E-state index contributed by atoms with van der Waals surface area (Å²) in [7, 11) is 0. The van der Waals surface area contributed by atoms with E-state index < -0.39 is 0 Å². The average Bonchev–Trinajstić information content (AvgIpc) is 2.49. The van der Waals surface area contributed by atoms with Gasteiger partial charge in [0.25, 0.3) is 0 Å². The number of hydrogen-bond acceptors (Lipinski definition) is 3. The van der Waals surface area contributed by atoms with Gasteiger partial charge in [0.15, 0.2) is 5.78 Å². The number of carbonyl (C=O) groups is 2. The summed E-state index contributed by atoms with van der Waals surface area (Å²) >= 11 is 0. The lowest BCUT2D eigenvalue weighted by atomic mass is 9.79. The summed E-state index contributed by atoms with van der Waals surface area (Å²) in [5.41, 5.74) is 9.02. The lowest BCUT2D eigenvalue weighted by Gasteiger charge is -2.42. The Labute approximate surface area is 151 Å². The molecule has 1 aliphatic heterocycles. The number of piperidine rings is 1. The fourth-order valence-electron chi connectivity index (χ4n) is 3.02. The first-order valence-corrected chi connectivity index (χ1v) is 8.34. The van der Waals surface area contributed by atoms with Crippen LogP contribution in [0, 0.1) is 19.3 Å². The molecule has 2 N–H and O–H groups in total. The molecule has 1 amide bonds. The van der Waals surface area contributed by atoms with Gasteiger partial charge in [-0.25, -0.2) is 0 Å². The molecule has 0 saturated carbocycles. The first-order valence-electron chi connectivity index (χ1n) is 8.34. The number of Topliss-reactive ketones (excluding diaryl/α,β-unsaturated/α-hetero) is 1. The van der Waals surface area contributed by atoms with Crippen molar-refractivity contribution in [3.8, 4) is 0 Å². The topological polar surface area (TPSA) is 63.4 Å². The Balaban J connectivity index is 0.00000288. The second-order valence-corrected chi connectivity index (χ2v) is 7.42. The van der Waals surface area contributed by atoms with Crippen LogP contribution in [0.25, 0.3) is 0 Å². The summed E-state index contributed by atoms with van der Waals surface area (Å²) in [6.07, 6.45) is 1.37. The SMILES string of the molecule is Cc1ccc(C(=O)CCC(=O)N2CCC(N)C(C)(C)C2)cc1C.Cl. The molecule has 1 saturated heterocycles. The second kappa shape index (κ2) is 8.13. The van der Waals surface area contributed by atoms with Crippen molar-refractivity contribution in [3.63, 3.8) is 0 Å². The van der Waals surface area contributed by atoms with E-state index in [0.717, 1.165) is 12.0 Å². The Morgan fingerprint density at radius 1 is 1.21 bits per heavy atom. The summed E-state index contributed by atoms with van der Waals surface area (Å²) in [5.74, 6) is 0.0941. The lowest BCUT2D eigenvalue weighted by molar-refractivity contribution is -0.134. The highest BCUT2D eigenvalue weighted by atomic mass is 35.5. The van der Waals surface area contributed by atoms with Crippen LogP contribution in [0.1, 0.15) is 54.6 Å². The van der Waals surface area contributed by atoms with E-state index in [0.29, 0.717) is 18.7 Å². The highest BCUT2D eigenvalue weighted by Crippen LogP contribution is 2.28. The van der Waals surface area contributed by atoms with E-state index >= 15 is 0 Å². The number of nitrogens with zero attached hydrogens (tertiary/aromatic N) is 1. The van der Waals surface area contributed by atoms with Crippen LogP contribution in [0.5, 0.6) is 0 Å². The molecule has 1 fully saturated rings. The van der Waals surface area contributed by atoms with E-state index in [9.17, 15) is 9.59 Å². The van der Waals surface area contributed by atoms with Crippen LogP contribution < -0.4 is 5.73 Å². The van der Waals surface area contributed by atoms with E-state index in [-0.39, 0.29) is 48.4 Å². The first-order chi connectivity index (χ1) is 10.7. The summed E-state index contributed by atoms with van der Waals surface area (Å²) < 4.78 is 0. The van der Waals surface area contributed by atoms with Gasteiger partial charge in [-0.05, 0) is 42.9 Å². The molecule has 1 heterocycles. The molecule has 0 aromatic heterocycles. The van der Waals surface area contributed by atoms with Crippen molar-refractivity contribution in [1.82, 2.24) is 4.90 Å². The summed E-state index contributed by atoms with van der Waals surface area (Å²) in [5, 5.41) is 0. The highest BCUT2D eigenvalue weighted by Gasteiger charge is 2.35. The van der Waals surface area contributed by atoms with Crippen LogP contribution in [-0.2, 0) is 4.79 Å². The number of nitrogens with two attached hydrogens (primary N) is 1. The maximum atomic E-state index is 12.4. The van der Waals surface area contributed by atoms with Crippen LogP contribution in [0.2, 0.25) is 0 Å². The van der Waals surface area contributed by atoms with Crippen molar-refractivity contribution in [2.24, 2.45) is 11.1 Å². The van der Waals surface area contributed by atoms with Crippen LogP contribution in [0.15, 0.2) is 18.2 Å².